The lowest BCUT2D eigenvalue weighted by Gasteiger charge is -2.30. The molecule has 0 bridgehead atoms. The minimum absolute atomic E-state index is 0.0933. The molecule has 2 aliphatic carbocycles. The second-order valence-electron chi connectivity index (χ2n) is 8.42. The van der Waals surface area contributed by atoms with Crippen molar-refractivity contribution in [3.63, 3.8) is 0 Å². The minimum atomic E-state index is -0.118. The maximum Gasteiger partial charge on any atom is 0.249 e. The number of carbonyl (C=O) groups is 2. The Morgan fingerprint density at radius 3 is 1.58 bits per heavy atom. The summed E-state index contributed by atoms with van der Waals surface area (Å²) in [5.41, 5.74) is 1.73. The number of hydrogen-bond acceptors (Lipinski definition) is 5. The maximum atomic E-state index is 12.9. The van der Waals surface area contributed by atoms with Crippen LogP contribution in [0.3, 0.4) is 0 Å². The standard InChI is InChI=1S/C24H30N4O3/c1-17(21-7-3-5-13-25-21)27(19-9-10-19)23(29)15-31-16-24(30)28(20-11-12-20)18(2)22-8-4-6-14-26-22/h3-8,13-14,17-20H,9-12,15-16H2,1-2H3. The van der Waals surface area contributed by atoms with Gasteiger partial charge in [0.05, 0.1) is 23.5 Å². The molecule has 2 amide bonds. The lowest BCUT2D eigenvalue weighted by molar-refractivity contribution is -0.145. The van der Waals surface area contributed by atoms with E-state index in [1.165, 1.54) is 0 Å². The van der Waals surface area contributed by atoms with Crippen molar-refractivity contribution in [3.05, 3.63) is 60.2 Å². The van der Waals surface area contributed by atoms with E-state index in [1.807, 2.05) is 60.0 Å². The van der Waals surface area contributed by atoms with Crippen LogP contribution in [0.2, 0.25) is 0 Å². The van der Waals surface area contributed by atoms with E-state index >= 15 is 0 Å². The average Bonchev–Trinajstić information content (AvgIpc) is 3.71. The molecule has 2 unspecified atom stereocenters. The Morgan fingerprint density at radius 2 is 1.26 bits per heavy atom. The molecule has 164 valence electrons. The molecule has 2 aromatic rings. The second kappa shape index (κ2) is 9.56. The first kappa shape index (κ1) is 21.4. The van der Waals surface area contributed by atoms with E-state index in [0.717, 1.165) is 37.1 Å². The number of carbonyl (C=O) groups excluding carboxylic acids is 2. The third-order valence-electron chi connectivity index (χ3n) is 5.97. The number of aromatic nitrogens is 2. The van der Waals surface area contributed by atoms with Gasteiger partial charge in [-0.05, 0) is 63.8 Å². The highest BCUT2D eigenvalue weighted by atomic mass is 16.5. The summed E-state index contributed by atoms with van der Waals surface area (Å²) in [6.07, 6.45) is 7.48. The summed E-state index contributed by atoms with van der Waals surface area (Å²) in [6, 6.07) is 11.7. The predicted octanol–water partition coefficient (Wildman–Crippen LogP) is 3.30. The molecule has 31 heavy (non-hydrogen) atoms. The van der Waals surface area contributed by atoms with Crippen LogP contribution in [0.4, 0.5) is 0 Å². The Balaban J connectivity index is 1.34. The molecular weight excluding hydrogens is 392 g/mol. The molecular formula is C24H30N4O3. The molecule has 2 aromatic heterocycles. The van der Waals surface area contributed by atoms with Gasteiger partial charge < -0.3 is 14.5 Å². The molecule has 0 radical (unpaired) electrons. The van der Waals surface area contributed by atoms with E-state index in [2.05, 4.69) is 9.97 Å². The molecule has 7 heteroatoms. The summed E-state index contributed by atoms with van der Waals surface area (Å²) < 4.78 is 5.62. The molecule has 2 saturated carbocycles. The van der Waals surface area contributed by atoms with E-state index in [-0.39, 0.29) is 49.2 Å². The Hall–Kier alpha value is -2.80. The van der Waals surface area contributed by atoms with E-state index in [1.54, 1.807) is 12.4 Å². The molecule has 2 heterocycles. The zero-order chi connectivity index (χ0) is 21.8. The normalized spacial score (nSPS) is 17.6. The van der Waals surface area contributed by atoms with Gasteiger partial charge in [0.15, 0.2) is 0 Å². The molecule has 4 rings (SSSR count). The van der Waals surface area contributed by atoms with E-state index in [9.17, 15) is 9.59 Å². The zero-order valence-corrected chi connectivity index (χ0v) is 18.2. The van der Waals surface area contributed by atoms with Crippen LogP contribution in [0, 0.1) is 0 Å². The van der Waals surface area contributed by atoms with E-state index < -0.39 is 0 Å². The van der Waals surface area contributed by atoms with Crippen molar-refractivity contribution in [3.8, 4) is 0 Å². The zero-order valence-electron chi connectivity index (χ0n) is 18.2. The molecule has 0 saturated heterocycles. The summed E-state index contributed by atoms with van der Waals surface area (Å²) >= 11 is 0. The second-order valence-corrected chi connectivity index (χ2v) is 8.42. The monoisotopic (exact) mass is 422 g/mol. The lowest BCUT2D eigenvalue weighted by atomic mass is 10.1. The van der Waals surface area contributed by atoms with Gasteiger partial charge in [0, 0.05) is 24.5 Å². The first-order valence-corrected chi connectivity index (χ1v) is 11.1. The Morgan fingerprint density at radius 1 is 0.839 bits per heavy atom. The molecule has 0 N–H and O–H groups in total. The van der Waals surface area contributed by atoms with Crippen LogP contribution in [0.5, 0.6) is 0 Å². The highest BCUT2D eigenvalue weighted by Gasteiger charge is 2.38. The fourth-order valence-corrected chi connectivity index (χ4v) is 4.08. The Labute approximate surface area is 183 Å². The van der Waals surface area contributed by atoms with Crippen molar-refractivity contribution in [1.29, 1.82) is 0 Å². The highest BCUT2D eigenvalue weighted by molar-refractivity contribution is 5.81. The highest BCUT2D eigenvalue weighted by Crippen LogP contribution is 2.35. The van der Waals surface area contributed by atoms with Gasteiger partial charge in [-0.2, -0.15) is 0 Å². The van der Waals surface area contributed by atoms with Gasteiger partial charge >= 0.3 is 0 Å². The summed E-state index contributed by atoms with van der Waals surface area (Å²) in [7, 11) is 0. The first-order chi connectivity index (χ1) is 15.1. The Kier molecular flexibility index (Phi) is 6.61. The van der Waals surface area contributed by atoms with E-state index in [4.69, 9.17) is 4.74 Å². The van der Waals surface area contributed by atoms with Crippen molar-refractivity contribution in [1.82, 2.24) is 19.8 Å². The molecule has 7 nitrogen and oxygen atoms in total. The van der Waals surface area contributed by atoms with E-state index in [0.29, 0.717) is 0 Å². The van der Waals surface area contributed by atoms with Crippen LogP contribution in [-0.2, 0) is 14.3 Å². The molecule has 0 spiro atoms. The smallest absolute Gasteiger partial charge is 0.249 e. The van der Waals surface area contributed by atoms with Crippen molar-refractivity contribution >= 4 is 11.8 Å². The van der Waals surface area contributed by atoms with Crippen LogP contribution in [-0.4, -0.2) is 56.9 Å². The minimum Gasteiger partial charge on any atom is -0.362 e. The third kappa shape index (κ3) is 5.28. The Bertz CT molecular complexity index is 811. The number of rotatable bonds is 10. The topological polar surface area (TPSA) is 75.6 Å². The molecule has 0 aromatic carbocycles. The number of pyridine rings is 2. The lowest BCUT2D eigenvalue weighted by Crippen LogP contribution is -2.41. The van der Waals surface area contributed by atoms with Crippen LogP contribution in [0.25, 0.3) is 0 Å². The maximum absolute atomic E-state index is 12.9. The largest absolute Gasteiger partial charge is 0.362 e. The van der Waals surface area contributed by atoms with Gasteiger partial charge in [0.25, 0.3) is 0 Å². The van der Waals surface area contributed by atoms with Gasteiger partial charge in [-0.25, -0.2) is 0 Å². The van der Waals surface area contributed by atoms with Crippen molar-refractivity contribution in [2.24, 2.45) is 0 Å². The first-order valence-electron chi connectivity index (χ1n) is 11.1. The summed E-state index contributed by atoms with van der Waals surface area (Å²) in [5, 5.41) is 0. The molecule has 2 aliphatic rings. The predicted molar refractivity (Wildman–Crippen MR) is 116 cm³/mol. The van der Waals surface area contributed by atoms with Crippen LogP contribution >= 0.6 is 0 Å². The van der Waals surface area contributed by atoms with Gasteiger partial charge in [0.2, 0.25) is 11.8 Å². The number of ether oxygens (including phenoxy) is 1. The molecule has 2 fully saturated rings. The van der Waals surface area contributed by atoms with Crippen molar-refractivity contribution < 1.29 is 14.3 Å². The van der Waals surface area contributed by atoms with Crippen LogP contribution in [0.15, 0.2) is 48.8 Å². The van der Waals surface area contributed by atoms with Gasteiger partial charge in [-0.1, -0.05) is 12.1 Å². The third-order valence-corrected chi connectivity index (χ3v) is 5.97. The number of nitrogens with zero attached hydrogens (tertiary/aromatic N) is 4. The fraction of sp³-hybridized carbons (Fsp3) is 0.500. The molecule has 0 aliphatic heterocycles. The SMILES string of the molecule is CC(c1ccccn1)N(C(=O)COCC(=O)N(C1CC1)C(C)c1ccccn1)C1CC1. The van der Waals surface area contributed by atoms with Crippen molar-refractivity contribution in [2.75, 3.05) is 13.2 Å². The summed E-state index contributed by atoms with van der Waals surface area (Å²) in [4.78, 5) is 38.4. The average molecular weight is 423 g/mol. The van der Waals surface area contributed by atoms with Crippen molar-refractivity contribution in [2.45, 2.75) is 63.7 Å². The fourth-order valence-electron chi connectivity index (χ4n) is 4.08. The summed E-state index contributed by atoms with van der Waals surface area (Å²) in [5.74, 6) is -0.187. The van der Waals surface area contributed by atoms with Gasteiger partial charge in [0.1, 0.15) is 13.2 Å². The van der Waals surface area contributed by atoms with Crippen LogP contribution < -0.4 is 0 Å². The van der Waals surface area contributed by atoms with Gasteiger partial charge in [-0.15, -0.1) is 0 Å². The number of amides is 2. The summed E-state index contributed by atoms with van der Waals surface area (Å²) in [6.45, 7) is 3.78. The number of hydrogen-bond donors (Lipinski definition) is 0. The van der Waals surface area contributed by atoms with Gasteiger partial charge in [-0.3, -0.25) is 19.6 Å². The molecule has 2 atom stereocenters. The quantitative estimate of drug-likeness (QED) is 0.587. The van der Waals surface area contributed by atoms with Crippen LogP contribution in [0.1, 0.15) is 63.0 Å².